The molecule has 5 atom stereocenters. The molecule has 0 bridgehead atoms. The zero-order chi connectivity index (χ0) is 39.5. The molecule has 13 nitrogen and oxygen atoms in total. The number of rotatable bonds is 10. The number of ether oxygens (including phenoxy) is 2. The fourth-order valence-corrected chi connectivity index (χ4v) is 7.59. The number of hydrogen-bond donors (Lipinski definition) is 3. The quantitative estimate of drug-likeness (QED) is 0.235. The van der Waals surface area contributed by atoms with Crippen molar-refractivity contribution >= 4 is 44.7 Å². The smallest absolute Gasteiger partial charge is 0.433 e. The fraction of sp³-hybridized carbons (Fsp3) is 0.571. The summed E-state index contributed by atoms with van der Waals surface area (Å²) in [5.74, 6) is -4.49. The van der Waals surface area contributed by atoms with Crippen LogP contribution in [0.3, 0.4) is 0 Å². The summed E-state index contributed by atoms with van der Waals surface area (Å²) in [6.45, 7) is 13.1. The van der Waals surface area contributed by atoms with E-state index in [-0.39, 0.29) is 30.3 Å². The molecule has 5 rings (SSSR count). The number of benzene rings is 1. The standard InChI is InChI=1S/C35H43F4N5O8S/c1-8-18-16-34(18,30(47)43-53(49,50)21-10-11-21)42-28(45)24-14-20(17-44(24)29(46)27(32(2,3)4)41-31(48)52-33(5,6)7)51-25-15-26(35(37,38)39)40-23-12-9-19(36)13-22(23)25/h8-9,12-13,15,18,20-21,24,27H,1,10-11,14,16-17H2,2-7H3,(H,41,48)(H,42,45)(H,43,47)/t18?,20-,24+,27-,34-/m1/s1. The van der Waals surface area contributed by atoms with Gasteiger partial charge in [0.25, 0.3) is 5.91 Å². The molecule has 2 aromatic rings. The lowest BCUT2D eigenvalue weighted by Gasteiger charge is -2.36. The number of pyridine rings is 1. The third kappa shape index (κ3) is 8.84. The van der Waals surface area contributed by atoms with Crippen LogP contribution in [0, 0.1) is 17.2 Å². The van der Waals surface area contributed by atoms with Gasteiger partial charge >= 0.3 is 12.3 Å². The van der Waals surface area contributed by atoms with Crippen molar-refractivity contribution < 1.29 is 54.6 Å². The van der Waals surface area contributed by atoms with Gasteiger partial charge < -0.3 is 25.0 Å². The molecule has 18 heteroatoms. The van der Waals surface area contributed by atoms with Crippen LogP contribution in [0.1, 0.15) is 72.9 Å². The lowest BCUT2D eigenvalue weighted by Crippen LogP contribution is -2.60. The average molecular weight is 770 g/mol. The number of nitrogens with one attached hydrogen (secondary N) is 3. The van der Waals surface area contributed by atoms with Crippen LogP contribution in [-0.2, 0) is 35.3 Å². The average Bonchev–Trinajstić information content (AvgIpc) is 3.94. The number of likely N-dealkylation sites (tertiary alicyclic amines) is 1. The van der Waals surface area contributed by atoms with Crippen molar-refractivity contribution in [3.63, 3.8) is 0 Å². The normalized spacial score (nSPS) is 23.9. The number of hydrogen-bond acceptors (Lipinski definition) is 9. The molecular formula is C35H43F4N5O8S. The fourth-order valence-electron chi connectivity index (χ4n) is 6.22. The van der Waals surface area contributed by atoms with Gasteiger partial charge in [0, 0.05) is 23.8 Å². The van der Waals surface area contributed by atoms with Gasteiger partial charge in [-0.05, 0) is 63.6 Å². The van der Waals surface area contributed by atoms with Gasteiger partial charge in [-0.25, -0.2) is 22.6 Å². The van der Waals surface area contributed by atoms with Gasteiger partial charge in [-0.15, -0.1) is 6.58 Å². The molecule has 2 saturated carbocycles. The Labute approximate surface area is 304 Å². The van der Waals surface area contributed by atoms with Gasteiger partial charge in [0.2, 0.25) is 21.8 Å². The number of alkyl halides is 3. The summed E-state index contributed by atoms with van der Waals surface area (Å²) in [5, 5.41) is 4.35. The van der Waals surface area contributed by atoms with Crippen LogP contribution in [0.4, 0.5) is 22.4 Å². The van der Waals surface area contributed by atoms with E-state index in [9.17, 15) is 45.2 Å². The number of fused-ring (bicyclic) bond motifs is 1. The van der Waals surface area contributed by atoms with Gasteiger partial charge in [0.1, 0.15) is 46.6 Å². The van der Waals surface area contributed by atoms with Gasteiger partial charge in [-0.3, -0.25) is 19.1 Å². The van der Waals surface area contributed by atoms with Crippen molar-refractivity contribution in [3.8, 4) is 5.75 Å². The Balaban J connectivity index is 1.50. The lowest BCUT2D eigenvalue weighted by atomic mass is 9.85. The highest BCUT2D eigenvalue weighted by molar-refractivity contribution is 7.91. The van der Waals surface area contributed by atoms with Crippen molar-refractivity contribution in [3.05, 3.63) is 48.4 Å². The molecule has 53 heavy (non-hydrogen) atoms. The summed E-state index contributed by atoms with van der Waals surface area (Å²) in [6.07, 6.45) is -5.16. The molecule has 3 fully saturated rings. The number of alkyl carbamates (subject to hydrolysis) is 1. The van der Waals surface area contributed by atoms with E-state index in [2.05, 4.69) is 22.2 Å². The molecule has 4 amide bonds. The molecular weight excluding hydrogens is 726 g/mol. The van der Waals surface area contributed by atoms with Crippen molar-refractivity contribution in [2.75, 3.05) is 6.54 Å². The highest BCUT2D eigenvalue weighted by Crippen LogP contribution is 2.46. The second-order valence-corrected chi connectivity index (χ2v) is 17.7. The molecule has 3 N–H and O–H groups in total. The van der Waals surface area contributed by atoms with Gasteiger partial charge in [-0.1, -0.05) is 26.8 Å². The van der Waals surface area contributed by atoms with E-state index in [1.54, 1.807) is 41.5 Å². The highest BCUT2D eigenvalue weighted by atomic mass is 32.2. The number of amides is 4. The number of halogens is 4. The van der Waals surface area contributed by atoms with Crippen LogP contribution in [0.2, 0.25) is 0 Å². The van der Waals surface area contributed by atoms with Crippen molar-refractivity contribution in [2.24, 2.45) is 11.3 Å². The first-order valence-electron chi connectivity index (χ1n) is 17.0. The predicted molar refractivity (Wildman–Crippen MR) is 183 cm³/mol. The van der Waals surface area contributed by atoms with E-state index in [4.69, 9.17) is 9.47 Å². The number of aromatic nitrogens is 1. The van der Waals surface area contributed by atoms with E-state index in [0.717, 1.165) is 23.1 Å². The number of sulfonamides is 1. The van der Waals surface area contributed by atoms with E-state index >= 15 is 0 Å². The summed E-state index contributed by atoms with van der Waals surface area (Å²) in [5.41, 5.74) is -5.16. The van der Waals surface area contributed by atoms with Crippen LogP contribution in [0.5, 0.6) is 5.75 Å². The summed E-state index contributed by atoms with van der Waals surface area (Å²) in [4.78, 5) is 59.5. The minimum Gasteiger partial charge on any atom is -0.488 e. The molecule has 1 saturated heterocycles. The van der Waals surface area contributed by atoms with Crippen molar-refractivity contribution in [1.82, 2.24) is 25.2 Å². The Kier molecular flexibility index (Phi) is 10.3. The topological polar surface area (TPSA) is 173 Å². The second kappa shape index (κ2) is 13.7. The Hall–Kier alpha value is -4.48. The maximum atomic E-state index is 14.4. The molecule has 0 spiro atoms. The minimum atomic E-state index is -4.90. The number of carbonyl (C=O) groups is 4. The summed E-state index contributed by atoms with van der Waals surface area (Å²) >= 11 is 0. The SMILES string of the molecule is C=CC1C[C@]1(NC(=O)[C@@H]1C[C@@H](Oc2cc(C(F)(F)F)nc3ccc(F)cc23)CN1C(=O)[C@@H](NC(=O)OC(C)(C)C)C(C)(C)C)C(=O)NS(=O)(=O)C1CC1. The number of nitrogens with zero attached hydrogens (tertiary/aromatic N) is 2. The summed E-state index contributed by atoms with van der Waals surface area (Å²) in [6, 6.07) is 0.810. The maximum Gasteiger partial charge on any atom is 0.433 e. The first kappa shape index (κ1) is 39.7. The molecule has 2 aliphatic carbocycles. The summed E-state index contributed by atoms with van der Waals surface area (Å²) < 4.78 is 94.6. The third-order valence-corrected chi connectivity index (χ3v) is 11.0. The molecule has 290 valence electrons. The molecule has 2 heterocycles. The van der Waals surface area contributed by atoms with Crippen molar-refractivity contribution in [1.29, 1.82) is 0 Å². The van der Waals surface area contributed by atoms with E-state index < -0.39 is 103 Å². The molecule has 1 aliphatic heterocycles. The maximum absolute atomic E-state index is 14.4. The second-order valence-electron chi connectivity index (χ2n) is 15.8. The van der Waals surface area contributed by atoms with Gasteiger partial charge in [0.05, 0.1) is 17.3 Å². The lowest BCUT2D eigenvalue weighted by molar-refractivity contribution is -0.143. The minimum absolute atomic E-state index is 0.00839. The monoisotopic (exact) mass is 769 g/mol. The van der Waals surface area contributed by atoms with E-state index in [1.165, 1.54) is 6.08 Å². The molecule has 1 aromatic carbocycles. The van der Waals surface area contributed by atoms with Crippen LogP contribution >= 0.6 is 0 Å². The Bertz CT molecular complexity index is 1940. The van der Waals surface area contributed by atoms with Crippen LogP contribution < -0.4 is 20.1 Å². The van der Waals surface area contributed by atoms with Crippen molar-refractivity contribution in [2.45, 2.75) is 108 Å². The molecule has 1 unspecified atom stereocenters. The molecule has 1 aromatic heterocycles. The van der Waals surface area contributed by atoms with Gasteiger partial charge in [-0.2, -0.15) is 13.2 Å². The first-order chi connectivity index (χ1) is 24.3. The molecule has 3 aliphatic rings. The van der Waals surface area contributed by atoms with Crippen LogP contribution in [0.25, 0.3) is 10.9 Å². The van der Waals surface area contributed by atoms with Crippen LogP contribution in [0.15, 0.2) is 36.9 Å². The number of carbonyl (C=O) groups excluding carboxylic acids is 4. The highest BCUT2D eigenvalue weighted by Gasteiger charge is 2.62. The largest absolute Gasteiger partial charge is 0.488 e. The first-order valence-corrected chi connectivity index (χ1v) is 18.5. The van der Waals surface area contributed by atoms with Gasteiger partial charge in [0.15, 0.2) is 0 Å². The Morgan fingerprint density at radius 1 is 1.08 bits per heavy atom. The third-order valence-electron chi connectivity index (χ3n) is 9.19. The van der Waals surface area contributed by atoms with E-state index in [1.807, 2.05) is 4.72 Å². The summed E-state index contributed by atoms with van der Waals surface area (Å²) in [7, 11) is -4.00. The zero-order valence-electron chi connectivity index (χ0n) is 30.1. The van der Waals surface area contributed by atoms with E-state index in [0.29, 0.717) is 18.9 Å². The molecule has 0 radical (unpaired) electrons. The van der Waals surface area contributed by atoms with Crippen LogP contribution in [-0.4, -0.2) is 83.2 Å². The Morgan fingerprint density at radius 3 is 2.28 bits per heavy atom. The predicted octanol–water partition coefficient (Wildman–Crippen LogP) is 4.35. The Morgan fingerprint density at radius 2 is 1.74 bits per heavy atom. The zero-order valence-corrected chi connectivity index (χ0v) is 30.9.